The first-order valence-corrected chi connectivity index (χ1v) is 12.4. The van der Waals surface area contributed by atoms with Crippen LogP contribution in [0.5, 0.6) is 0 Å². The predicted octanol–water partition coefficient (Wildman–Crippen LogP) is 3.13. The second-order valence-corrected chi connectivity index (χ2v) is 12.3. The van der Waals surface area contributed by atoms with Gasteiger partial charge >= 0.3 is 5.97 Å². The molecule has 0 spiro atoms. The number of rotatable bonds is 1. The van der Waals surface area contributed by atoms with Crippen LogP contribution in [0.4, 0.5) is 4.39 Å². The van der Waals surface area contributed by atoms with E-state index in [9.17, 15) is 24.9 Å². The predicted molar refractivity (Wildman–Crippen MR) is 130 cm³/mol. The summed E-state index contributed by atoms with van der Waals surface area (Å²) in [6, 6.07) is -0.531. The van der Waals surface area contributed by atoms with Gasteiger partial charge in [0.05, 0.1) is 5.60 Å². The van der Waals surface area contributed by atoms with Crippen molar-refractivity contribution in [3.63, 3.8) is 0 Å². The van der Waals surface area contributed by atoms with Gasteiger partial charge in [0.1, 0.15) is 17.8 Å². The average Bonchev–Trinajstić information content (AvgIpc) is 2.66. The first kappa shape index (κ1) is 30.9. The molecule has 9 unspecified atom stereocenters. The van der Waals surface area contributed by atoms with Crippen molar-refractivity contribution in [3.8, 4) is 0 Å². The van der Waals surface area contributed by atoms with E-state index in [4.69, 9.17) is 4.74 Å². The number of alkyl halides is 1. The Labute approximate surface area is 205 Å². The molecule has 0 amide bonds. The molecule has 0 aromatic rings. The van der Waals surface area contributed by atoms with Gasteiger partial charge in [-0.1, -0.05) is 41.5 Å². The van der Waals surface area contributed by atoms with E-state index in [1.807, 2.05) is 39.6 Å². The third-order valence-electron chi connectivity index (χ3n) is 7.75. The summed E-state index contributed by atoms with van der Waals surface area (Å²) in [5.74, 6) is -4.06. The Morgan fingerprint density at radius 2 is 1.62 bits per heavy atom. The Kier molecular flexibility index (Phi) is 9.55. The summed E-state index contributed by atoms with van der Waals surface area (Å²) in [6.45, 7) is 17.0. The van der Waals surface area contributed by atoms with Crippen LogP contribution in [0, 0.1) is 23.2 Å². The van der Waals surface area contributed by atoms with Crippen molar-refractivity contribution >= 4 is 11.8 Å². The summed E-state index contributed by atoms with van der Waals surface area (Å²) in [4.78, 5) is 28.2. The van der Waals surface area contributed by atoms with Crippen LogP contribution in [0.1, 0.15) is 82.1 Å². The van der Waals surface area contributed by atoms with E-state index in [0.717, 1.165) is 6.92 Å². The largest absolute Gasteiger partial charge is 0.457 e. The highest BCUT2D eigenvalue weighted by molar-refractivity contribution is 6.07. The number of halogens is 1. The Morgan fingerprint density at radius 1 is 1.12 bits per heavy atom. The van der Waals surface area contributed by atoms with E-state index in [1.165, 1.54) is 6.92 Å². The van der Waals surface area contributed by atoms with Crippen molar-refractivity contribution < 1.29 is 34.0 Å². The number of ketones is 1. The third kappa shape index (κ3) is 6.37. The van der Waals surface area contributed by atoms with Gasteiger partial charge in [0, 0.05) is 24.4 Å². The minimum absolute atomic E-state index is 0.0477. The summed E-state index contributed by atoms with van der Waals surface area (Å²) in [6.07, 6.45) is -2.12. The minimum Gasteiger partial charge on any atom is -0.457 e. The molecule has 0 aromatic carbocycles. The van der Waals surface area contributed by atoms with Gasteiger partial charge < -0.3 is 25.0 Å². The van der Waals surface area contributed by atoms with Crippen LogP contribution in [0.2, 0.25) is 0 Å². The number of nitrogens with zero attached hydrogens (tertiary/aromatic N) is 1. The number of likely N-dealkylation sites (N-methyl/N-ethyl adjacent to an activating group) is 1. The smallest absolute Gasteiger partial charge is 0.351 e. The topological polar surface area (TPSA) is 107 Å². The fourth-order valence-electron chi connectivity index (χ4n) is 6.23. The van der Waals surface area contributed by atoms with Crippen molar-refractivity contribution in [2.24, 2.45) is 23.2 Å². The number of esters is 1. The number of cyclic esters (lactones) is 1. The molecule has 9 atom stereocenters. The first-order valence-electron chi connectivity index (χ1n) is 12.4. The summed E-state index contributed by atoms with van der Waals surface area (Å²) < 4.78 is 21.1. The zero-order valence-electron chi connectivity index (χ0n) is 23.0. The van der Waals surface area contributed by atoms with Crippen molar-refractivity contribution in [3.05, 3.63) is 0 Å². The van der Waals surface area contributed by atoms with Crippen LogP contribution in [0.15, 0.2) is 0 Å². The minimum atomic E-state index is -2.98. The monoisotopic (exact) mass is 489 g/mol. The summed E-state index contributed by atoms with van der Waals surface area (Å²) in [5.41, 5.74) is -6.78. The van der Waals surface area contributed by atoms with Gasteiger partial charge in [-0.15, -0.1) is 0 Å². The molecular weight excluding hydrogens is 441 g/mol. The zero-order valence-corrected chi connectivity index (χ0v) is 23.0. The van der Waals surface area contributed by atoms with Crippen LogP contribution >= 0.6 is 0 Å². The molecule has 1 saturated heterocycles. The molecule has 8 heteroatoms. The van der Waals surface area contributed by atoms with Gasteiger partial charge in [0.15, 0.2) is 5.78 Å². The van der Waals surface area contributed by atoms with Crippen molar-refractivity contribution in [2.75, 3.05) is 13.6 Å². The summed E-state index contributed by atoms with van der Waals surface area (Å²) in [5, 5.41) is 33.8. The van der Waals surface area contributed by atoms with E-state index in [-0.39, 0.29) is 12.3 Å². The van der Waals surface area contributed by atoms with Crippen LogP contribution in [-0.2, 0) is 14.3 Å². The van der Waals surface area contributed by atoms with Crippen LogP contribution in [-0.4, -0.2) is 80.7 Å². The molecule has 7 nitrogen and oxygen atoms in total. The fourth-order valence-corrected chi connectivity index (χ4v) is 6.23. The lowest BCUT2D eigenvalue weighted by Gasteiger charge is -2.46. The lowest BCUT2D eigenvalue weighted by Crippen LogP contribution is -2.59. The molecule has 1 heterocycles. The summed E-state index contributed by atoms with van der Waals surface area (Å²) in [7, 11) is 1.81. The molecule has 1 fully saturated rings. The standard InChI is InChI=1S/C26H48FNO6/c1-12-18-26(10,33)21(30)17(4)28(11)14-15(2)13-24(8,32)19(23(5,6)7)16(3)20(29)25(9,27)22(31)34-18/h15-19,21,30,32-33H,12-14H2,1-11H3. The molecule has 0 radical (unpaired) electrons. The number of ether oxygens (including phenoxy) is 1. The van der Waals surface area contributed by atoms with E-state index in [0.29, 0.717) is 13.0 Å². The Morgan fingerprint density at radius 3 is 2.06 bits per heavy atom. The third-order valence-corrected chi connectivity index (χ3v) is 7.75. The van der Waals surface area contributed by atoms with Gasteiger partial charge in [-0.25, -0.2) is 9.18 Å². The molecule has 3 N–H and O–H groups in total. The quantitative estimate of drug-likeness (QED) is 0.384. The highest BCUT2D eigenvalue weighted by Crippen LogP contribution is 2.45. The molecule has 0 saturated carbocycles. The second kappa shape index (κ2) is 10.5. The fraction of sp³-hybridized carbons (Fsp3) is 0.923. The number of aliphatic hydroxyl groups is 3. The van der Waals surface area contributed by atoms with Crippen LogP contribution in [0.3, 0.4) is 0 Å². The number of carbonyl (C=O) groups excluding carboxylic acids is 2. The van der Waals surface area contributed by atoms with Gasteiger partial charge in [-0.3, -0.25) is 4.79 Å². The van der Waals surface area contributed by atoms with E-state index >= 15 is 4.39 Å². The normalized spacial score (nSPS) is 44.8. The lowest BCUT2D eigenvalue weighted by molar-refractivity contribution is -0.196. The second-order valence-electron chi connectivity index (χ2n) is 12.3. The highest BCUT2D eigenvalue weighted by Gasteiger charge is 2.54. The Balaban J connectivity index is 3.66. The number of hydrogen-bond donors (Lipinski definition) is 3. The van der Waals surface area contributed by atoms with E-state index in [2.05, 4.69) is 0 Å². The van der Waals surface area contributed by atoms with E-state index in [1.54, 1.807) is 27.7 Å². The molecule has 0 aromatic heterocycles. The number of carbonyl (C=O) groups is 2. The highest BCUT2D eigenvalue weighted by atomic mass is 19.1. The van der Waals surface area contributed by atoms with Crippen LogP contribution < -0.4 is 0 Å². The molecule has 0 bridgehead atoms. The van der Waals surface area contributed by atoms with Crippen molar-refractivity contribution in [1.29, 1.82) is 0 Å². The molecule has 34 heavy (non-hydrogen) atoms. The molecule has 0 aliphatic carbocycles. The van der Waals surface area contributed by atoms with Gasteiger partial charge in [0.25, 0.3) is 5.67 Å². The number of hydrogen-bond acceptors (Lipinski definition) is 7. The molecule has 1 rings (SSSR count). The van der Waals surface area contributed by atoms with Crippen molar-refractivity contribution in [1.82, 2.24) is 4.90 Å². The van der Waals surface area contributed by atoms with Crippen molar-refractivity contribution in [2.45, 2.75) is 117 Å². The first-order chi connectivity index (χ1) is 15.1. The number of aliphatic hydroxyl groups excluding tert-OH is 1. The van der Waals surface area contributed by atoms with Gasteiger partial charge in [-0.05, 0) is 58.9 Å². The van der Waals surface area contributed by atoms with E-state index < -0.39 is 64.1 Å². The maximum absolute atomic E-state index is 15.8. The van der Waals surface area contributed by atoms with Crippen LogP contribution in [0.25, 0.3) is 0 Å². The molecule has 1 aliphatic rings. The zero-order chi connectivity index (χ0) is 27.0. The number of Topliss-reactive ketones (excluding diaryl/α,β-unsaturated/α-hetero) is 1. The van der Waals surface area contributed by atoms with Gasteiger partial charge in [-0.2, -0.15) is 0 Å². The maximum atomic E-state index is 15.8. The summed E-state index contributed by atoms with van der Waals surface area (Å²) >= 11 is 0. The maximum Gasteiger partial charge on any atom is 0.351 e. The lowest BCUT2D eigenvalue weighted by atomic mass is 9.61. The molecular formula is C26H48FNO6. The van der Waals surface area contributed by atoms with Gasteiger partial charge in [0.2, 0.25) is 0 Å². The SMILES string of the molecule is CCC1OC(=O)C(C)(F)C(=O)C(C)C(C(C)(C)C)C(C)(O)CC(C)CN(C)C(C)C(O)C1(C)O. The average molecular weight is 490 g/mol. The Hall–Kier alpha value is -1.09. The molecule has 200 valence electrons. The molecule has 1 aliphatic heterocycles. The Bertz CT molecular complexity index is 729.